The Kier molecular flexibility index (Phi) is 2.17. The molecule has 0 amide bonds. The predicted octanol–water partition coefficient (Wildman–Crippen LogP) is 2.11. The summed E-state index contributed by atoms with van der Waals surface area (Å²) in [7, 11) is 0. The minimum atomic E-state index is -1.01. The second kappa shape index (κ2) is 3.49. The Bertz CT molecular complexity index is 540. The van der Waals surface area contributed by atoms with Crippen molar-refractivity contribution in [2.24, 2.45) is 0 Å². The number of nitrogen functional groups attached to an aromatic ring is 1. The molecule has 76 valence electrons. The molecule has 0 atom stereocenters. The van der Waals surface area contributed by atoms with E-state index in [0.717, 1.165) is 11.5 Å². The van der Waals surface area contributed by atoms with E-state index in [-0.39, 0.29) is 0 Å². The number of benzene rings is 1. The average Bonchev–Trinajstić information content (AvgIpc) is 2.59. The molecule has 0 aliphatic heterocycles. The third kappa shape index (κ3) is 1.83. The smallest absolute Gasteiger partial charge is 0.328 e. The van der Waals surface area contributed by atoms with E-state index >= 15 is 0 Å². The van der Waals surface area contributed by atoms with E-state index in [9.17, 15) is 4.79 Å². The van der Waals surface area contributed by atoms with Crippen LogP contribution in [0.5, 0.6) is 0 Å². The number of nitrogens with two attached hydrogens (primary N) is 1. The maximum Gasteiger partial charge on any atom is 0.328 e. The van der Waals surface area contributed by atoms with Crippen LogP contribution in [-0.4, -0.2) is 11.1 Å². The van der Waals surface area contributed by atoms with Gasteiger partial charge in [0.15, 0.2) is 0 Å². The van der Waals surface area contributed by atoms with Crippen LogP contribution in [0.4, 0.5) is 5.69 Å². The number of hydrogen-bond donors (Lipinski definition) is 2. The molecule has 0 saturated heterocycles. The van der Waals surface area contributed by atoms with Crippen molar-refractivity contribution in [3.63, 3.8) is 0 Å². The van der Waals surface area contributed by atoms with Crippen LogP contribution in [0.2, 0.25) is 0 Å². The zero-order chi connectivity index (χ0) is 10.8. The zero-order valence-electron chi connectivity index (χ0n) is 7.81. The van der Waals surface area contributed by atoms with Crippen LogP contribution in [0, 0.1) is 0 Å². The fourth-order valence-corrected chi connectivity index (χ4v) is 1.34. The van der Waals surface area contributed by atoms with E-state index in [2.05, 4.69) is 0 Å². The van der Waals surface area contributed by atoms with Gasteiger partial charge < -0.3 is 15.3 Å². The number of anilines is 1. The average molecular weight is 203 g/mol. The number of carboxylic acids is 1. The summed E-state index contributed by atoms with van der Waals surface area (Å²) in [6.45, 7) is 0. The molecule has 2 aromatic rings. The summed E-state index contributed by atoms with van der Waals surface area (Å²) in [5.74, 6) is -0.534. The van der Waals surface area contributed by atoms with Gasteiger partial charge in [-0.15, -0.1) is 0 Å². The number of furan rings is 1. The molecule has 0 aliphatic carbocycles. The Labute approximate surface area is 85.6 Å². The molecular formula is C11H9NO3. The second-order valence-electron chi connectivity index (χ2n) is 3.08. The van der Waals surface area contributed by atoms with Crippen LogP contribution in [0.3, 0.4) is 0 Å². The molecule has 0 fully saturated rings. The SMILES string of the molecule is Nc1cccc2oc(/C=C/C(=O)O)cc12. The van der Waals surface area contributed by atoms with Crippen LogP contribution in [0.1, 0.15) is 5.76 Å². The van der Waals surface area contributed by atoms with Gasteiger partial charge in [0, 0.05) is 17.1 Å². The van der Waals surface area contributed by atoms with E-state index in [1.807, 2.05) is 0 Å². The molecule has 0 bridgehead atoms. The maximum absolute atomic E-state index is 10.3. The number of hydrogen-bond acceptors (Lipinski definition) is 3. The first-order chi connectivity index (χ1) is 7.16. The molecule has 0 saturated carbocycles. The van der Waals surface area contributed by atoms with Gasteiger partial charge in [0.05, 0.1) is 0 Å². The number of aliphatic carboxylic acids is 1. The molecular weight excluding hydrogens is 194 g/mol. The molecule has 0 spiro atoms. The molecule has 2 rings (SSSR count). The Hall–Kier alpha value is -2.23. The first-order valence-electron chi connectivity index (χ1n) is 4.36. The van der Waals surface area contributed by atoms with E-state index in [0.29, 0.717) is 17.0 Å². The van der Waals surface area contributed by atoms with Crippen LogP contribution >= 0.6 is 0 Å². The lowest BCUT2D eigenvalue weighted by Crippen LogP contribution is -1.84. The van der Waals surface area contributed by atoms with Crippen molar-refractivity contribution in [1.82, 2.24) is 0 Å². The quantitative estimate of drug-likeness (QED) is 0.579. The largest absolute Gasteiger partial charge is 0.478 e. The topological polar surface area (TPSA) is 76.5 Å². The van der Waals surface area contributed by atoms with Crippen molar-refractivity contribution in [3.05, 3.63) is 36.1 Å². The van der Waals surface area contributed by atoms with Gasteiger partial charge >= 0.3 is 5.97 Å². The van der Waals surface area contributed by atoms with Crippen molar-refractivity contribution in [1.29, 1.82) is 0 Å². The van der Waals surface area contributed by atoms with Gasteiger partial charge in [-0.2, -0.15) is 0 Å². The summed E-state index contributed by atoms with van der Waals surface area (Å²) in [4.78, 5) is 10.3. The molecule has 4 heteroatoms. The molecule has 1 aromatic carbocycles. The molecule has 4 nitrogen and oxygen atoms in total. The van der Waals surface area contributed by atoms with Gasteiger partial charge in [-0.05, 0) is 24.3 Å². The highest BCUT2D eigenvalue weighted by molar-refractivity contribution is 5.92. The van der Waals surface area contributed by atoms with Crippen LogP contribution in [-0.2, 0) is 4.79 Å². The highest BCUT2D eigenvalue weighted by Gasteiger charge is 2.03. The lowest BCUT2D eigenvalue weighted by molar-refractivity contribution is -0.131. The molecule has 0 radical (unpaired) electrons. The van der Waals surface area contributed by atoms with Crippen LogP contribution in [0.15, 0.2) is 34.8 Å². The molecule has 1 aromatic heterocycles. The number of rotatable bonds is 2. The third-order valence-electron chi connectivity index (χ3n) is 2.00. The van der Waals surface area contributed by atoms with Gasteiger partial charge in [0.2, 0.25) is 0 Å². The Morgan fingerprint density at radius 2 is 2.27 bits per heavy atom. The normalized spacial score (nSPS) is 11.2. The standard InChI is InChI=1S/C11H9NO3/c12-9-2-1-3-10-8(9)6-7(15-10)4-5-11(13)14/h1-6H,12H2,(H,13,14)/b5-4+. The van der Waals surface area contributed by atoms with Crippen molar-refractivity contribution < 1.29 is 14.3 Å². The van der Waals surface area contributed by atoms with Crippen molar-refractivity contribution >= 4 is 28.7 Å². The van der Waals surface area contributed by atoms with Gasteiger partial charge in [-0.3, -0.25) is 0 Å². The third-order valence-corrected chi connectivity index (χ3v) is 2.00. The van der Waals surface area contributed by atoms with Crippen molar-refractivity contribution in [2.45, 2.75) is 0 Å². The Morgan fingerprint density at radius 1 is 1.47 bits per heavy atom. The second-order valence-corrected chi connectivity index (χ2v) is 3.08. The monoisotopic (exact) mass is 203 g/mol. The summed E-state index contributed by atoms with van der Waals surface area (Å²) in [6, 6.07) is 7.04. The number of carboxylic acid groups (broad SMARTS) is 1. The number of fused-ring (bicyclic) bond motifs is 1. The minimum Gasteiger partial charge on any atom is -0.478 e. The first kappa shape index (κ1) is 9.33. The summed E-state index contributed by atoms with van der Waals surface area (Å²) in [6.07, 6.45) is 2.41. The van der Waals surface area contributed by atoms with Gasteiger partial charge in [0.25, 0.3) is 0 Å². The summed E-state index contributed by atoms with van der Waals surface area (Å²) < 4.78 is 5.37. The van der Waals surface area contributed by atoms with E-state index in [1.165, 1.54) is 6.08 Å². The van der Waals surface area contributed by atoms with Gasteiger partial charge in [-0.25, -0.2) is 4.79 Å². The fraction of sp³-hybridized carbons (Fsp3) is 0. The Balaban J connectivity index is 2.48. The van der Waals surface area contributed by atoms with E-state index in [1.54, 1.807) is 24.3 Å². The van der Waals surface area contributed by atoms with Crippen molar-refractivity contribution in [2.75, 3.05) is 5.73 Å². The fourth-order valence-electron chi connectivity index (χ4n) is 1.34. The zero-order valence-corrected chi connectivity index (χ0v) is 7.81. The molecule has 1 heterocycles. The molecule has 0 aliphatic rings. The maximum atomic E-state index is 10.3. The van der Waals surface area contributed by atoms with E-state index in [4.69, 9.17) is 15.3 Å². The Morgan fingerprint density at radius 3 is 2.93 bits per heavy atom. The van der Waals surface area contributed by atoms with Crippen LogP contribution < -0.4 is 5.73 Å². The highest BCUT2D eigenvalue weighted by Crippen LogP contribution is 2.25. The minimum absolute atomic E-state index is 0.477. The number of carbonyl (C=O) groups is 1. The molecule has 3 N–H and O–H groups in total. The molecule has 0 unspecified atom stereocenters. The van der Waals surface area contributed by atoms with E-state index < -0.39 is 5.97 Å². The lowest BCUT2D eigenvalue weighted by atomic mass is 10.2. The molecule has 15 heavy (non-hydrogen) atoms. The summed E-state index contributed by atoms with van der Waals surface area (Å²) >= 11 is 0. The van der Waals surface area contributed by atoms with Crippen molar-refractivity contribution in [3.8, 4) is 0 Å². The lowest BCUT2D eigenvalue weighted by Gasteiger charge is -1.90. The van der Waals surface area contributed by atoms with Gasteiger partial charge in [0.1, 0.15) is 11.3 Å². The predicted molar refractivity (Wildman–Crippen MR) is 57.3 cm³/mol. The van der Waals surface area contributed by atoms with Crippen LogP contribution in [0.25, 0.3) is 17.0 Å². The first-order valence-corrected chi connectivity index (χ1v) is 4.36. The summed E-state index contributed by atoms with van der Waals surface area (Å²) in [5.41, 5.74) is 6.99. The van der Waals surface area contributed by atoms with Gasteiger partial charge in [-0.1, -0.05) is 6.07 Å². The summed E-state index contributed by atoms with van der Waals surface area (Å²) in [5, 5.41) is 9.25. The highest BCUT2D eigenvalue weighted by atomic mass is 16.4.